The number of para-hydroxylation sites is 1. The predicted molar refractivity (Wildman–Crippen MR) is 89.7 cm³/mol. The van der Waals surface area contributed by atoms with Gasteiger partial charge in [0.15, 0.2) is 12.4 Å². The average Bonchev–Trinajstić information content (AvgIpc) is 2.54. The molecule has 0 aliphatic carbocycles. The Morgan fingerprint density at radius 1 is 1.09 bits per heavy atom. The van der Waals surface area contributed by atoms with Gasteiger partial charge in [-0.15, -0.1) is 0 Å². The number of aromatic nitrogens is 1. The number of hydrogen-bond donors (Lipinski definition) is 1. The van der Waals surface area contributed by atoms with Gasteiger partial charge >= 0.3 is 0 Å². The number of nitrogens with one attached hydrogen (secondary N) is 1. The van der Waals surface area contributed by atoms with Gasteiger partial charge in [-0.05, 0) is 30.9 Å². The van der Waals surface area contributed by atoms with Gasteiger partial charge in [0.2, 0.25) is 5.91 Å². The van der Waals surface area contributed by atoms with Crippen LogP contribution >= 0.6 is 0 Å². The molecule has 0 atom stereocenters. The van der Waals surface area contributed by atoms with E-state index in [9.17, 15) is 4.79 Å². The Hall–Kier alpha value is -2.16. The molecule has 3 heteroatoms. The van der Waals surface area contributed by atoms with Crippen LogP contribution in [0.5, 0.6) is 0 Å². The number of carbonyl (C=O) groups is 1. The van der Waals surface area contributed by atoms with Gasteiger partial charge in [-0.2, -0.15) is 0 Å². The molecule has 0 unspecified atom stereocenters. The molecule has 0 aliphatic heterocycles. The average molecular weight is 297 g/mol. The fraction of sp³-hybridized carbons (Fsp3) is 0.368. The number of amides is 1. The van der Waals surface area contributed by atoms with Crippen LogP contribution in [0.4, 0.5) is 5.69 Å². The summed E-state index contributed by atoms with van der Waals surface area (Å²) in [6, 6.07) is 12.2. The lowest BCUT2D eigenvalue weighted by atomic mass is 10.1. The summed E-state index contributed by atoms with van der Waals surface area (Å²) < 4.78 is 2.15. The summed E-state index contributed by atoms with van der Waals surface area (Å²) in [5.74, 6) is 0.113. The first kappa shape index (κ1) is 16.2. The largest absolute Gasteiger partial charge is 0.326 e. The summed E-state index contributed by atoms with van der Waals surface area (Å²) in [6.07, 6.45) is 7.53. The highest BCUT2D eigenvalue weighted by molar-refractivity contribution is 5.92. The molecular formula is C19H25N2O+. The van der Waals surface area contributed by atoms with Gasteiger partial charge in [-0.1, -0.05) is 31.2 Å². The van der Waals surface area contributed by atoms with Gasteiger partial charge in [0, 0.05) is 30.7 Å². The first-order valence-electron chi connectivity index (χ1n) is 8.03. The van der Waals surface area contributed by atoms with Crippen LogP contribution in [0.2, 0.25) is 0 Å². The third-order valence-electron chi connectivity index (χ3n) is 3.85. The van der Waals surface area contributed by atoms with E-state index in [-0.39, 0.29) is 5.91 Å². The van der Waals surface area contributed by atoms with E-state index < -0.39 is 0 Å². The van der Waals surface area contributed by atoms with Gasteiger partial charge in [-0.25, -0.2) is 4.57 Å². The third-order valence-corrected chi connectivity index (χ3v) is 3.85. The topological polar surface area (TPSA) is 33.0 Å². The van der Waals surface area contributed by atoms with Gasteiger partial charge in [0.05, 0.1) is 0 Å². The van der Waals surface area contributed by atoms with Crippen molar-refractivity contribution in [3.8, 4) is 0 Å². The zero-order valence-electron chi connectivity index (χ0n) is 13.5. The van der Waals surface area contributed by atoms with E-state index in [0.717, 1.165) is 37.1 Å². The summed E-state index contributed by atoms with van der Waals surface area (Å²) in [7, 11) is 0. The van der Waals surface area contributed by atoms with Gasteiger partial charge < -0.3 is 5.32 Å². The highest BCUT2D eigenvalue weighted by Gasteiger charge is 2.08. The normalized spacial score (nSPS) is 10.5. The Morgan fingerprint density at radius 2 is 1.86 bits per heavy atom. The van der Waals surface area contributed by atoms with E-state index in [4.69, 9.17) is 0 Å². The van der Waals surface area contributed by atoms with Crippen LogP contribution in [0, 0.1) is 6.92 Å². The van der Waals surface area contributed by atoms with Crippen LogP contribution < -0.4 is 9.88 Å². The highest BCUT2D eigenvalue weighted by Crippen LogP contribution is 2.21. The Bertz CT molecular complexity index is 608. The lowest BCUT2D eigenvalue weighted by Crippen LogP contribution is -2.32. The predicted octanol–water partition coefficient (Wildman–Crippen LogP) is 3.65. The number of rotatable bonds is 7. The third kappa shape index (κ3) is 4.69. The van der Waals surface area contributed by atoms with E-state index in [0.29, 0.717) is 6.42 Å². The van der Waals surface area contributed by atoms with Gasteiger partial charge in [0.25, 0.3) is 0 Å². The molecule has 22 heavy (non-hydrogen) atoms. The smallest absolute Gasteiger partial charge is 0.224 e. The molecule has 116 valence electrons. The van der Waals surface area contributed by atoms with Crippen molar-refractivity contribution >= 4 is 11.6 Å². The molecule has 0 spiro atoms. The maximum absolute atomic E-state index is 12.1. The molecule has 0 saturated heterocycles. The summed E-state index contributed by atoms with van der Waals surface area (Å²) in [5.41, 5.74) is 3.33. The van der Waals surface area contributed by atoms with Crippen molar-refractivity contribution in [1.29, 1.82) is 0 Å². The fourth-order valence-electron chi connectivity index (χ4n) is 2.57. The van der Waals surface area contributed by atoms with Crippen molar-refractivity contribution in [3.05, 3.63) is 59.9 Å². The number of carbonyl (C=O) groups excluding carboxylic acids is 1. The van der Waals surface area contributed by atoms with Crippen LogP contribution in [0.15, 0.2) is 48.8 Å². The minimum atomic E-state index is 0.113. The maximum Gasteiger partial charge on any atom is 0.224 e. The molecule has 0 aliphatic rings. The monoisotopic (exact) mass is 297 g/mol. The molecule has 2 aromatic rings. The second-order valence-corrected chi connectivity index (χ2v) is 5.58. The minimum absolute atomic E-state index is 0.113. The summed E-state index contributed by atoms with van der Waals surface area (Å²) in [4.78, 5) is 12.1. The molecule has 0 bridgehead atoms. The first-order valence-corrected chi connectivity index (χ1v) is 8.03. The number of benzene rings is 1. The van der Waals surface area contributed by atoms with Crippen LogP contribution in [0.25, 0.3) is 0 Å². The zero-order chi connectivity index (χ0) is 15.8. The zero-order valence-corrected chi connectivity index (χ0v) is 13.5. The molecule has 1 amide bonds. The lowest BCUT2D eigenvalue weighted by molar-refractivity contribution is -0.697. The van der Waals surface area contributed by atoms with E-state index >= 15 is 0 Å². The van der Waals surface area contributed by atoms with Crippen molar-refractivity contribution in [1.82, 2.24) is 0 Å². The van der Waals surface area contributed by atoms with Crippen molar-refractivity contribution in [2.45, 2.75) is 46.1 Å². The minimum Gasteiger partial charge on any atom is -0.326 e. The summed E-state index contributed by atoms with van der Waals surface area (Å²) >= 11 is 0. The standard InChI is InChI=1S/C19H24N2O/c1-3-17-11-9-10-16(2)19(17)20-18(22)12-5-8-15-21-13-6-4-7-14-21/h4,6-7,9-11,13-14H,3,5,8,12,15H2,1-2H3/p+1. The molecule has 1 N–H and O–H groups in total. The molecule has 2 rings (SSSR count). The molecule has 0 radical (unpaired) electrons. The molecule has 1 aromatic heterocycles. The molecule has 0 saturated carbocycles. The SMILES string of the molecule is CCc1cccc(C)c1NC(=O)CCCC[n+]1ccccc1. The number of nitrogens with zero attached hydrogens (tertiary/aromatic N) is 1. The van der Waals surface area contributed by atoms with Crippen LogP contribution in [-0.4, -0.2) is 5.91 Å². The first-order chi connectivity index (χ1) is 10.7. The van der Waals surface area contributed by atoms with Gasteiger partial charge in [0.1, 0.15) is 6.54 Å². The maximum atomic E-state index is 12.1. The molecule has 1 aromatic carbocycles. The summed E-state index contributed by atoms with van der Waals surface area (Å²) in [6.45, 7) is 5.11. The Morgan fingerprint density at radius 3 is 2.59 bits per heavy atom. The van der Waals surface area contributed by atoms with E-state index in [1.165, 1.54) is 5.56 Å². The highest BCUT2D eigenvalue weighted by atomic mass is 16.1. The Kier molecular flexibility index (Phi) is 6.13. The van der Waals surface area contributed by atoms with Crippen LogP contribution in [0.1, 0.15) is 37.3 Å². The number of anilines is 1. The Labute approximate surface area is 133 Å². The number of hydrogen-bond acceptors (Lipinski definition) is 1. The number of pyridine rings is 1. The number of unbranched alkanes of at least 4 members (excludes halogenated alkanes) is 1. The molecular weight excluding hydrogens is 272 g/mol. The van der Waals surface area contributed by atoms with Crippen molar-refractivity contribution in [2.75, 3.05) is 5.32 Å². The second kappa shape index (κ2) is 8.32. The van der Waals surface area contributed by atoms with Crippen molar-refractivity contribution in [3.63, 3.8) is 0 Å². The van der Waals surface area contributed by atoms with Gasteiger partial charge in [-0.3, -0.25) is 4.79 Å². The van der Waals surface area contributed by atoms with Crippen LogP contribution in [0.3, 0.4) is 0 Å². The molecule has 0 fully saturated rings. The van der Waals surface area contributed by atoms with Crippen molar-refractivity contribution in [2.24, 2.45) is 0 Å². The van der Waals surface area contributed by atoms with E-state index in [1.54, 1.807) is 0 Å². The second-order valence-electron chi connectivity index (χ2n) is 5.58. The molecule has 1 heterocycles. The van der Waals surface area contributed by atoms with Crippen molar-refractivity contribution < 1.29 is 9.36 Å². The molecule has 3 nitrogen and oxygen atoms in total. The lowest BCUT2D eigenvalue weighted by Gasteiger charge is -2.12. The Balaban J connectivity index is 1.79. The van der Waals surface area contributed by atoms with Crippen LogP contribution in [-0.2, 0) is 17.8 Å². The fourth-order valence-corrected chi connectivity index (χ4v) is 2.57. The number of aryl methyl sites for hydroxylation is 3. The summed E-state index contributed by atoms with van der Waals surface area (Å²) in [5, 5.41) is 3.08. The van der Waals surface area contributed by atoms with E-state index in [1.807, 2.05) is 37.3 Å². The quantitative estimate of drug-likeness (QED) is 0.614. The van der Waals surface area contributed by atoms with E-state index in [2.05, 4.69) is 35.3 Å².